The van der Waals surface area contributed by atoms with Crippen LogP contribution >= 0.6 is 0 Å². The number of para-hydroxylation sites is 1. The molecule has 0 aromatic heterocycles. The van der Waals surface area contributed by atoms with Gasteiger partial charge in [-0.25, -0.2) is 0 Å². The van der Waals surface area contributed by atoms with Crippen molar-refractivity contribution < 1.29 is 9.59 Å². The molecule has 2 amide bonds. The van der Waals surface area contributed by atoms with Crippen LogP contribution in [0.2, 0.25) is 0 Å². The fraction of sp³-hybridized carbons (Fsp3) is 0.385. The van der Waals surface area contributed by atoms with Gasteiger partial charge in [-0.1, -0.05) is 18.2 Å². The second-order valence-corrected chi connectivity index (χ2v) is 4.27. The second-order valence-electron chi connectivity index (χ2n) is 4.27. The molecule has 18 heavy (non-hydrogen) atoms. The third-order valence-electron chi connectivity index (χ3n) is 2.85. The highest BCUT2D eigenvalue weighted by Gasteiger charge is 2.23. The Balaban J connectivity index is 1.76. The molecule has 96 valence electrons. The number of carbonyl (C=O) groups is 2. The summed E-state index contributed by atoms with van der Waals surface area (Å²) in [4.78, 5) is 23.1. The van der Waals surface area contributed by atoms with Crippen molar-refractivity contribution >= 4 is 17.5 Å². The zero-order valence-corrected chi connectivity index (χ0v) is 10.1. The minimum Gasteiger partial charge on any atom is -0.376 e. The van der Waals surface area contributed by atoms with Crippen LogP contribution in [-0.4, -0.2) is 30.9 Å². The number of rotatable bonds is 4. The Kier molecular flexibility index (Phi) is 4.17. The maximum Gasteiger partial charge on any atom is 0.242 e. The van der Waals surface area contributed by atoms with Crippen LogP contribution in [0.15, 0.2) is 30.3 Å². The first-order chi connectivity index (χ1) is 8.75. The average molecular weight is 247 g/mol. The molecular formula is C13H17N3O2. The van der Waals surface area contributed by atoms with Gasteiger partial charge >= 0.3 is 0 Å². The van der Waals surface area contributed by atoms with Gasteiger partial charge in [0, 0.05) is 12.2 Å². The predicted octanol–water partition coefficient (Wildman–Crippen LogP) is 0.493. The smallest absolute Gasteiger partial charge is 0.242 e. The van der Waals surface area contributed by atoms with Gasteiger partial charge in [0.25, 0.3) is 0 Å². The van der Waals surface area contributed by atoms with E-state index < -0.39 is 0 Å². The van der Waals surface area contributed by atoms with Crippen LogP contribution in [0.4, 0.5) is 5.69 Å². The highest BCUT2D eigenvalue weighted by Crippen LogP contribution is 2.05. The molecule has 2 rings (SSSR count). The predicted molar refractivity (Wildman–Crippen MR) is 69.1 cm³/mol. The van der Waals surface area contributed by atoms with Gasteiger partial charge in [-0.3, -0.25) is 9.59 Å². The van der Waals surface area contributed by atoms with Crippen molar-refractivity contribution in [1.29, 1.82) is 0 Å². The lowest BCUT2D eigenvalue weighted by Crippen LogP contribution is -2.51. The molecule has 1 saturated heterocycles. The molecule has 1 aliphatic rings. The fourth-order valence-corrected chi connectivity index (χ4v) is 1.89. The number of amides is 2. The Morgan fingerprint density at radius 3 is 2.83 bits per heavy atom. The summed E-state index contributed by atoms with van der Waals surface area (Å²) < 4.78 is 0. The molecule has 1 atom stereocenters. The Bertz CT molecular complexity index is 420. The molecule has 1 fully saturated rings. The summed E-state index contributed by atoms with van der Waals surface area (Å²) in [5, 5.41) is 8.47. The maximum absolute atomic E-state index is 11.7. The van der Waals surface area contributed by atoms with E-state index in [-0.39, 0.29) is 24.4 Å². The molecule has 1 unspecified atom stereocenters. The highest BCUT2D eigenvalue weighted by molar-refractivity contribution is 5.89. The molecule has 0 radical (unpaired) electrons. The number of hydrogen-bond donors (Lipinski definition) is 3. The Labute approximate surface area is 106 Å². The summed E-state index contributed by atoms with van der Waals surface area (Å²) in [5.41, 5.74) is 0.890. The van der Waals surface area contributed by atoms with Crippen molar-refractivity contribution in [3.63, 3.8) is 0 Å². The molecule has 1 heterocycles. The standard InChI is InChI=1S/C13H17N3O2/c17-12(9-15-10-5-2-1-3-6-10)16-11-7-4-8-14-13(11)18/h1-3,5-6,11,15H,4,7-9H2,(H,14,18)(H,16,17). The van der Waals surface area contributed by atoms with E-state index in [1.165, 1.54) is 0 Å². The van der Waals surface area contributed by atoms with E-state index in [1.807, 2.05) is 30.3 Å². The van der Waals surface area contributed by atoms with Crippen molar-refractivity contribution in [2.24, 2.45) is 0 Å². The van der Waals surface area contributed by atoms with Crippen LogP contribution < -0.4 is 16.0 Å². The SMILES string of the molecule is O=C(CNc1ccccc1)NC1CCCNC1=O. The lowest BCUT2D eigenvalue weighted by molar-refractivity contribution is -0.129. The first-order valence-corrected chi connectivity index (χ1v) is 6.12. The molecule has 5 nitrogen and oxygen atoms in total. The topological polar surface area (TPSA) is 70.2 Å². The van der Waals surface area contributed by atoms with Crippen molar-refractivity contribution in [3.8, 4) is 0 Å². The minimum atomic E-state index is -0.385. The maximum atomic E-state index is 11.7. The van der Waals surface area contributed by atoms with Crippen LogP contribution in [-0.2, 0) is 9.59 Å². The number of anilines is 1. The zero-order valence-electron chi connectivity index (χ0n) is 10.1. The monoisotopic (exact) mass is 247 g/mol. The molecule has 0 bridgehead atoms. The first kappa shape index (κ1) is 12.4. The van der Waals surface area contributed by atoms with Crippen LogP contribution in [0.1, 0.15) is 12.8 Å². The Hall–Kier alpha value is -2.04. The van der Waals surface area contributed by atoms with Gasteiger partial charge in [-0.2, -0.15) is 0 Å². The molecule has 0 saturated carbocycles. The van der Waals surface area contributed by atoms with Gasteiger partial charge in [0.05, 0.1) is 6.54 Å². The van der Waals surface area contributed by atoms with E-state index in [0.29, 0.717) is 13.0 Å². The summed E-state index contributed by atoms with van der Waals surface area (Å²) >= 11 is 0. The van der Waals surface area contributed by atoms with Crippen molar-refractivity contribution in [2.45, 2.75) is 18.9 Å². The zero-order chi connectivity index (χ0) is 12.8. The van der Waals surface area contributed by atoms with Gasteiger partial charge < -0.3 is 16.0 Å². The normalized spacial score (nSPS) is 18.9. The Morgan fingerprint density at radius 2 is 2.11 bits per heavy atom. The van der Waals surface area contributed by atoms with Crippen LogP contribution in [0.5, 0.6) is 0 Å². The third kappa shape index (κ3) is 3.48. The van der Waals surface area contributed by atoms with Crippen LogP contribution in [0.3, 0.4) is 0 Å². The molecule has 0 spiro atoms. The lowest BCUT2D eigenvalue weighted by atomic mass is 10.1. The summed E-state index contributed by atoms with van der Waals surface area (Å²) in [6.07, 6.45) is 1.62. The second kappa shape index (κ2) is 6.05. The van der Waals surface area contributed by atoms with Crippen molar-refractivity contribution in [2.75, 3.05) is 18.4 Å². The summed E-state index contributed by atoms with van der Waals surface area (Å²) in [5.74, 6) is -0.254. The van der Waals surface area contributed by atoms with E-state index >= 15 is 0 Å². The number of carbonyl (C=O) groups excluding carboxylic acids is 2. The lowest BCUT2D eigenvalue weighted by Gasteiger charge is -2.22. The average Bonchev–Trinajstić information content (AvgIpc) is 2.40. The summed E-state index contributed by atoms with van der Waals surface area (Å²) in [6, 6.07) is 9.10. The summed E-state index contributed by atoms with van der Waals surface area (Å²) in [7, 11) is 0. The molecule has 1 aromatic carbocycles. The van der Waals surface area contributed by atoms with E-state index in [0.717, 1.165) is 12.1 Å². The molecule has 1 aromatic rings. The number of hydrogen-bond acceptors (Lipinski definition) is 3. The van der Waals surface area contributed by atoms with Gasteiger partial charge in [-0.05, 0) is 25.0 Å². The highest BCUT2D eigenvalue weighted by atomic mass is 16.2. The van der Waals surface area contributed by atoms with Crippen molar-refractivity contribution in [1.82, 2.24) is 10.6 Å². The van der Waals surface area contributed by atoms with Gasteiger partial charge in [0.1, 0.15) is 6.04 Å². The van der Waals surface area contributed by atoms with E-state index in [9.17, 15) is 9.59 Å². The summed E-state index contributed by atoms with van der Waals surface area (Å²) in [6.45, 7) is 0.876. The molecule has 3 N–H and O–H groups in total. The van der Waals surface area contributed by atoms with Crippen LogP contribution in [0.25, 0.3) is 0 Å². The number of piperidine rings is 1. The van der Waals surface area contributed by atoms with Crippen LogP contribution in [0, 0.1) is 0 Å². The first-order valence-electron chi connectivity index (χ1n) is 6.12. The van der Waals surface area contributed by atoms with Crippen molar-refractivity contribution in [3.05, 3.63) is 30.3 Å². The van der Waals surface area contributed by atoms with Gasteiger partial charge in [0.2, 0.25) is 11.8 Å². The third-order valence-corrected chi connectivity index (χ3v) is 2.85. The number of benzene rings is 1. The molecule has 5 heteroatoms. The molecule has 1 aliphatic heterocycles. The van der Waals surface area contributed by atoms with E-state index in [4.69, 9.17) is 0 Å². The quantitative estimate of drug-likeness (QED) is 0.725. The van der Waals surface area contributed by atoms with E-state index in [1.54, 1.807) is 0 Å². The van der Waals surface area contributed by atoms with E-state index in [2.05, 4.69) is 16.0 Å². The number of nitrogens with one attached hydrogen (secondary N) is 3. The van der Waals surface area contributed by atoms with Gasteiger partial charge in [0.15, 0.2) is 0 Å². The largest absolute Gasteiger partial charge is 0.376 e. The van der Waals surface area contributed by atoms with Gasteiger partial charge in [-0.15, -0.1) is 0 Å². The minimum absolute atomic E-state index is 0.0886. The molecular weight excluding hydrogens is 230 g/mol. The Morgan fingerprint density at radius 1 is 1.33 bits per heavy atom. The molecule has 0 aliphatic carbocycles. The fourth-order valence-electron chi connectivity index (χ4n) is 1.89.